The van der Waals surface area contributed by atoms with Crippen molar-refractivity contribution in [3.63, 3.8) is 0 Å². The number of methoxy groups -OCH3 is 4. The van der Waals surface area contributed by atoms with Crippen LogP contribution in [0.25, 0.3) is 12.2 Å². The Hall–Kier alpha value is -4.03. The molecule has 186 valence electrons. The predicted molar refractivity (Wildman–Crippen MR) is 142 cm³/mol. The van der Waals surface area contributed by atoms with E-state index in [0.29, 0.717) is 36.1 Å². The van der Waals surface area contributed by atoms with Crippen LogP contribution in [0.1, 0.15) is 16.7 Å². The monoisotopic (exact) mass is 485 g/mol. The second kappa shape index (κ2) is 11.6. The molecule has 6 nitrogen and oxygen atoms in total. The Morgan fingerprint density at radius 2 is 1.14 bits per heavy atom. The van der Waals surface area contributed by atoms with Crippen LogP contribution in [-0.2, 0) is 11.3 Å². The zero-order valence-electron chi connectivity index (χ0n) is 21.1. The summed E-state index contributed by atoms with van der Waals surface area (Å²) in [5.41, 5.74) is 4.39. The van der Waals surface area contributed by atoms with Gasteiger partial charge in [0, 0.05) is 30.8 Å². The molecule has 0 amide bonds. The van der Waals surface area contributed by atoms with Gasteiger partial charge < -0.3 is 18.9 Å². The molecule has 1 fully saturated rings. The lowest BCUT2D eigenvalue weighted by Gasteiger charge is -2.30. The summed E-state index contributed by atoms with van der Waals surface area (Å²) in [6.07, 6.45) is 3.87. The maximum atomic E-state index is 13.6. The van der Waals surface area contributed by atoms with Gasteiger partial charge in [-0.2, -0.15) is 0 Å². The number of hydrogen-bond acceptors (Lipinski definition) is 6. The molecule has 1 heterocycles. The van der Waals surface area contributed by atoms with Crippen LogP contribution in [0.5, 0.6) is 23.0 Å². The summed E-state index contributed by atoms with van der Waals surface area (Å²) in [5.74, 6) is 2.57. The lowest BCUT2D eigenvalue weighted by molar-refractivity contribution is -0.113. The van der Waals surface area contributed by atoms with Crippen molar-refractivity contribution >= 4 is 17.9 Å². The molecule has 1 aliphatic heterocycles. The fourth-order valence-electron chi connectivity index (χ4n) is 4.35. The van der Waals surface area contributed by atoms with Gasteiger partial charge in [-0.05, 0) is 53.1 Å². The number of ether oxygens (including phenoxy) is 4. The van der Waals surface area contributed by atoms with Gasteiger partial charge in [0.05, 0.1) is 28.4 Å². The minimum absolute atomic E-state index is 0.0314. The van der Waals surface area contributed by atoms with Crippen molar-refractivity contribution in [1.82, 2.24) is 4.90 Å². The van der Waals surface area contributed by atoms with Gasteiger partial charge in [0.25, 0.3) is 0 Å². The number of Topliss-reactive ketones (excluding diaryl/α,β-unsaturated/α-hetero) is 1. The topological polar surface area (TPSA) is 57.2 Å². The molecule has 3 aromatic rings. The van der Waals surface area contributed by atoms with Crippen molar-refractivity contribution in [2.75, 3.05) is 41.5 Å². The van der Waals surface area contributed by atoms with E-state index in [1.165, 1.54) is 5.56 Å². The first-order valence-electron chi connectivity index (χ1n) is 11.7. The number of benzene rings is 3. The molecule has 3 aromatic carbocycles. The zero-order chi connectivity index (χ0) is 25.5. The van der Waals surface area contributed by atoms with E-state index in [4.69, 9.17) is 18.9 Å². The lowest BCUT2D eigenvalue weighted by atomic mass is 9.93. The Bertz CT molecular complexity index is 1200. The van der Waals surface area contributed by atoms with Gasteiger partial charge in [-0.25, -0.2) is 0 Å². The third-order valence-corrected chi connectivity index (χ3v) is 6.12. The summed E-state index contributed by atoms with van der Waals surface area (Å²) in [4.78, 5) is 15.9. The maximum Gasteiger partial charge on any atom is 0.187 e. The number of ketones is 1. The van der Waals surface area contributed by atoms with Gasteiger partial charge in [-0.1, -0.05) is 42.5 Å². The molecule has 0 spiro atoms. The molecule has 0 N–H and O–H groups in total. The van der Waals surface area contributed by atoms with Crippen molar-refractivity contribution in [2.45, 2.75) is 6.54 Å². The number of likely N-dealkylation sites (tertiary alicyclic amines) is 1. The summed E-state index contributed by atoms with van der Waals surface area (Å²) >= 11 is 0. The summed E-state index contributed by atoms with van der Waals surface area (Å²) in [7, 11) is 6.42. The largest absolute Gasteiger partial charge is 0.493 e. The Balaban J connectivity index is 1.71. The molecule has 0 aromatic heterocycles. The first-order chi connectivity index (χ1) is 17.5. The van der Waals surface area contributed by atoms with Gasteiger partial charge in [-0.15, -0.1) is 0 Å². The highest BCUT2D eigenvalue weighted by Gasteiger charge is 2.26. The minimum Gasteiger partial charge on any atom is -0.493 e. The summed E-state index contributed by atoms with van der Waals surface area (Å²) in [6.45, 7) is 1.83. The number of piperidine rings is 1. The molecule has 0 atom stereocenters. The molecule has 0 radical (unpaired) electrons. The summed E-state index contributed by atoms with van der Waals surface area (Å²) in [5, 5.41) is 0. The molecule has 1 saturated heterocycles. The molecular weight excluding hydrogens is 454 g/mol. The van der Waals surface area contributed by atoms with Crippen molar-refractivity contribution in [3.8, 4) is 23.0 Å². The number of rotatable bonds is 8. The quantitative estimate of drug-likeness (QED) is 0.405. The number of carbonyl (C=O) groups excluding carboxylic acids is 1. The average Bonchev–Trinajstić information content (AvgIpc) is 2.91. The smallest absolute Gasteiger partial charge is 0.187 e. The molecule has 0 aliphatic carbocycles. The molecular formula is C30H31NO5. The van der Waals surface area contributed by atoms with Crippen LogP contribution in [0.3, 0.4) is 0 Å². The van der Waals surface area contributed by atoms with Crippen LogP contribution in [0.4, 0.5) is 0 Å². The van der Waals surface area contributed by atoms with Gasteiger partial charge in [0.2, 0.25) is 0 Å². The Morgan fingerprint density at radius 3 is 1.58 bits per heavy atom. The van der Waals surface area contributed by atoms with Crippen LogP contribution in [0.2, 0.25) is 0 Å². The molecule has 36 heavy (non-hydrogen) atoms. The fourth-order valence-corrected chi connectivity index (χ4v) is 4.35. The van der Waals surface area contributed by atoms with Crippen LogP contribution in [0.15, 0.2) is 77.9 Å². The second-order valence-electron chi connectivity index (χ2n) is 8.53. The first kappa shape index (κ1) is 25.1. The summed E-state index contributed by atoms with van der Waals surface area (Å²) < 4.78 is 21.6. The number of nitrogens with zero attached hydrogens (tertiary/aromatic N) is 1. The lowest BCUT2D eigenvalue weighted by Crippen LogP contribution is -2.37. The van der Waals surface area contributed by atoms with Crippen molar-refractivity contribution in [1.29, 1.82) is 0 Å². The van der Waals surface area contributed by atoms with E-state index in [9.17, 15) is 4.79 Å². The van der Waals surface area contributed by atoms with Gasteiger partial charge in [0.15, 0.2) is 28.8 Å². The maximum absolute atomic E-state index is 13.6. The normalized spacial score (nSPS) is 16.3. The van der Waals surface area contributed by atoms with E-state index in [-0.39, 0.29) is 5.78 Å². The fraction of sp³-hybridized carbons (Fsp3) is 0.233. The molecule has 0 saturated carbocycles. The van der Waals surface area contributed by atoms with Crippen LogP contribution in [0, 0.1) is 0 Å². The Morgan fingerprint density at radius 1 is 0.667 bits per heavy atom. The first-order valence-corrected chi connectivity index (χ1v) is 11.7. The molecule has 0 unspecified atom stereocenters. The van der Waals surface area contributed by atoms with E-state index < -0.39 is 0 Å². The van der Waals surface area contributed by atoms with Gasteiger partial charge in [0.1, 0.15) is 0 Å². The van der Waals surface area contributed by atoms with Crippen molar-refractivity contribution in [2.24, 2.45) is 0 Å². The van der Waals surface area contributed by atoms with Crippen LogP contribution >= 0.6 is 0 Å². The second-order valence-corrected chi connectivity index (χ2v) is 8.53. The van der Waals surface area contributed by atoms with Crippen molar-refractivity contribution in [3.05, 3.63) is 94.6 Å². The van der Waals surface area contributed by atoms with Crippen LogP contribution < -0.4 is 18.9 Å². The zero-order valence-corrected chi connectivity index (χ0v) is 21.1. The van der Waals surface area contributed by atoms with E-state index in [1.807, 2.05) is 66.7 Å². The van der Waals surface area contributed by atoms with E-state index in [2.05, 4.69) is 17.0 Å². The highest BCUT2D eigenvalue weighted by Crippen LogP contribution is 2.31. The minimum atomic E-state index is 0.0314. The number of carbonyl (C=O) groups is 1. The van der Waals surface area contributed by atoms with Crippen LogP contribution in [-0.4, -0.2) is 52.2 Å². The van der Waals surface area contributed by atoms with E-state index >= 15 is 0 Å². The highest BCUT2D eigenvalue weighted by molar-refractivity contribution is 6.14. The van der Waals surface area contributed by atoms with Crippen molar-refractivity contribution < 1.29 is 23.7 Å². The van der Waals surface area contributed by atoms with Gasteiger partial charge in [-0.3, -0.25) is 9.69 Å². The van der Waals surface area contributed by atoms with E-state index in [1.54, 1.807) is 28.4 Å². The summed E-state index contributed by atoms with van der Waals surface area (Å²) in [6, 6.07) is 21.6. The molecule has 0 bridgehead atoms. The van der Waals surface area contributed by atoms with E-state index in [0.717, 1.165) is 28.8 Å². The highest BCUT2D eigenvalue weighted by atomic mass is 16.5. The molecule has 6 heteroatoms. The predicted octanol–water partition coefficient (Wildman–Crippen LogP) is 5.27. The third kappa shape index (κ3) is 5.78. The standard InChI is InChI=1S/C30H31NO5/c1-33-26-12-10-22(16-28(26)35-3)14-24-19-31(18-21-8-6-5-7-9-21)20-25(30(24)32)15-23-11-13-27(34-2)29(17-23)36-4/h5-17H,18-20H2,1-4H3/b24-14-,25-15-. The SMILES string of the molecule is COc1ccc(/C=C2/CN(Cc3ccccc3)C/C(=C/c3ccc(OC)c(OC)c3)C2=O)cc1OC. The number of hydrogen-bond donors (Lipinski definition) is 0. The Kier molecular flexibility index (Phi) is 8.08. The third-order valence-electron chi connectivity index (χ3n) is 6.12. The molecule has 4 rings (SSSR count). The van der Waals surface area contributed by atoms with Gasteiger partial charge >= 0.3 is 0 Å². The molecule has 1 aliphatic rings. The average molecular weight is 486 g/mol. The Labute approximate surface area is 212 Å².